The lowest BCUT2D eigenvalue weighted by atomic mass is 10.1. The second-order valence-corrected chi connectivity index (χ2v) is 4.20. The van der Waals surface area contributed by atoms with Gasteiger partial charge >= 0.3 is 0 Å². The van der Waals surface area contributed by atoms with Crippen molar-refractivity contribution in [2.24, 2.45) is 0 Å². The molecule has 2 aromatic rings. The molecule has 0 amide bonds. The van der Waals surface area contributed by atoms with E-state index in [0.717, 1.165) is 24.3 Å². The smallest absolute Gasteiger partial charge is 0.0948 e. The van der Waals surface area contributed by atoms with Crippen LogP contribution in [0.1, 0.15) is 18.2 Å². The van der Waals surface area contributed by atoms with E-state index in [1.165, 1.54) is 5.69 Å². The van der Waals surface area contributed by atoms with Gasteiger partial charge in [-0.1, -0.05) is 12.1 Å². The molecule has 1 heterocycles. The quantitative estimate of drug-likeness (QED) is 0.819. The molecule has 0 spiro atoms. The molecule has 0 saturated carbocycles. The number of anilines is 1. The molecule has 0 atom stereocenters. The first-order valence-corrected chi connectivity index (χ1v) is 6.26. The summed E-state index contributed by atoms with van der Waals surface area (Å²) in [7, 11) is 0. The SMILES string of the molecule is CCn1cncc1CNc1ccc(CCO)cc1. The molecule has 96 valence electrons. The Morgan fingerprint density at radius 3 is 2.72 bits per heavy atom. The molecule has 0 aliphatic rings. The summed E-state index contributed by atoms with van der Waals surface area (Å²) in [6, 6.07) is 8.15. The van der Waals surface area contributed by atoms with E-state index >= 15 is 0 Å². The van der Waals surface area contributed by atoms with E-state index < -0.39 is 0 Å². The first-order valence-electron chi connectivity index (χ1n) is 6.26. The second-order valence-electron chi connectivity index (χ2n) is 4.20. The lowest BCUT2D eigenvalue weighted by Gasteiger charge is -2.09. The summed E-state index contributed by atoms with van der Waals surface area (Å²) in [5, 5.41) is 12.2. The monoisotopic (exact) mass is 245 g/mol. The lowest BCUT2D eigenvalue weighted by Crippen LogP contribution is -2.05. The molecule has 1 aromatic carbocycles. The van der Waals surface area contributed by atoms with Gasteiger partial charge in [-0.05, 0) is 31.0 Å². The van der Waals surface area contributed by atoms with Crippen LogP contribution in [-0.2, 0) is 19.5 Å². The van der Waals surface area contributed by atoms with Crippen LogP contribution in [0.25, 0.3) is 0 Å². The van der Waals surface area contributed by atoms with Crippen LogP contribution in [0.2, 0.25) is 0 Å². The maximum Gasteiger partial charge on any atom is 0.0948 e. The summed E-state index contributed by atoms with van der Waals surface area (Å²) in [6.07, 6.45) is 4.45. The predicted molar refractivity (Wildman–Crippen MR) is 72.5 cm³/mol. The molecule has 0 unspecified atom stereocenters. The predicted octanol–water partition coefficient (Wildman–Crippen LogP) is 2.05. The van der Waals surface area contributed by atoms with E-state index in [4.69, 9.17) is 5.11 Å². The summed E-state index contributed by atoms with van der Waals surface area (Å²) in [4.78, 5) is 4.14. The van der Waals surface area contributed by atoms with E-state index in [1.807, 2.05) is 36.8 Å². The molecule has 0 bridgehead atoms. The van der Waals surface area contributed by atoms with Crippen LogP contribution >= 0.6 is 0 Å². The van der Waals surface area contributed by atoms with Crippen LogP contribution < -0.4 is 5.32 Å². The summed E-state index contributed by atoms with van der Waals surface area (Å²) in [5.74, 6) is 0. The molecule has 0 radical (unpaired) electrons. The Kier molecular flexibility index (Phi) is 4.36. The lowest BCUT2D eigenvalue weighted by molar-refractivity contribution is 0.299. The number of aliphatic hydroxyl groups is 1. The van der Waals surface area contributed by atoms with Gasteiger partial charge in [0.25, 0.3) is 0 Å². The van der Waals surface area contributed by atoms with Gasteiger partial charge in [0.2, 0.25) is 0 Å². The van der Waals surface area contributed by atoms with Crippen molar-refractivity contribution in [3.05, 3.63) is 48.0 Å². The second kappa shape index (κ2) is 6.21. The Bertz CT molecular complexity index is 476. The molecular formula is C14H19N3O. The van der Waals surface area contributed by atoms with Crippen LogP contribution in [-0.4, -0.2) is 21.3 Å². The fraction of sp³-hybridized carbons (Fsp3) is 0.357. The summed E-state index contributed by atoms with van der Waals surface area (Å²) >= 11 is 0. The summed E-state index contributed by atoms with van der Waals surface area (Å²) < 4.78 is 2.12. The Labute approximate surface area is 107 Å². The molecule has 2 rings (SSSR count). The van der Waals surface area contributed by atoms with Crippen molar-refractivity contribution in [3.63, 3.8) is 0 Å². The Morgan fingerprint density at radius 1 is 1.28 bits per heavy atom. The van der Waals surface area contributed by atoms with Gasteiger partial charge < -0.3 is 15.0 Å². The zero-order chi connectivity index (χ0) is 12.8. The van der Waals surface area contributed by atoms with E-state index in [2.05, 4.69) is 21.8 Å². The molecule has 0 aliphatic heterocycles. The van der Waals surface area contributed by atoms with Gasteiger partial charge in [-0.2, -0.15) is 0 Å². The molecule has 0 aliphatic carbocycles. The maximum atomic E-state index is 8.85. The number of aryl methyl sites for hydroxylation is 1. The van der Waals surface area contributed by atoms with Gasteiger partial charge in [0.05, 0.1) is 18.6 Å². The van der Waals surface area contributed by atoms with Crippen LogP contribution in [0.5, 0.6) is 0 Å². The first-order chi connectivity index (χ1) is 8.83. The third-order valence-electron chi connectivity index (χ3n) is 2.97. The minimum atomic E-state index is 0.197. The number of nitrogens with one attached hydrogen (secondary N) is 1. The van der Waals surface area contributed by atoms with Gasteiger partial charge in [0.15, 0.2) is 0 Å². The fourth-order valence-electron chi connectivity index (χ4n) is 1.89. The Balaban J connectivity index is 1.94. The number of aliphatic hydroxyl groups excluding tert-OH is 1. The van der Waals surface area contributed by atoms with Crippen LogP contribution in [0.3, 0.4) is 0 Å². The zero-order valence-electron chi connectivity index (χ0n) is 10.6. The van der Waals surface area contributed by atoms with Gasteiger partial charge in [-0.25, -0.2) is 4.98 Å². The highest BCUT2D eigenvalue weighted by atomic mass is 16.2. The molecular weight excluding hydrogens is 226 g/mol. The van der Waals surface area contributed by atoms with E-state index in [1.54, 1.807) is 0 Å². The molecule has 0 fully saturated rings. The van der Waals surface area contributed by atoms with Gasteiger partial charge in [0, 0.05) is 25.0 Å². The molecule has 0 saturated heterocycles. The van der Waals surface area contributed by atoms with Gasteiger partial charge in [-0.15, -0.1) is 0 Å². The number of nitrogens with zero attached hydrogens (tertiary/aromatic N) is 2. The average molecular weight is 245 g/mol. The average Bonchev–Trinajstić information content (AvgIpc) is 2.86. The summed E-state index contributed by atoms with van der Waals surface area (Å²) in [6.45, 7) is 4.01. The van der Waals surface area contributed by atoms with Crippen molar-refractivity contribution in [1.82, 2.24) is 9.55 Å². The van der Waals surface area contributed by atoms with E-state index in [0.29, 0.717) is 6.42 Å². The highest BCUT2D eigenvalue weighted by Gasteiger charge is 2.00. The van der Waals surface area contributed by atoms with Crippen molar-refractivity contribution in [2.45, 2.75) is 26.4 Å². The van der Waals surface area contributed by atoms with E-state index in [9.17, 15) is 0 Å². The molecule has 2 N–H and O–H groups in total. The van der Waals surface area contributed by atoms with Crippen molar-refractivity contribution in [2.75, 3.05) is 11.9 Å². The highest BCUT2D eigenvalue weighted by Crippen LogP contribution is 2.11. The number of imidazole rings is 1. The number of hydrogen-bond acceptors (Lipinski definition) is 3. The number of aromatic nitrogens is 2. The number of hydrogen-bond donors (Lipinski definition) is 2. The van der Waals surface area contributed by atoms with Crippen molar-refractivity contribution in [3.8, 4) is 0 Å². The molecule has 4 heteroatoms. The topological polar surface area (TPSA) is 50.1 Å². The van der Waals surface area contributed by atoms with Crippen molar-refractivity contribution in [1.29, 1.82) is 0 Å². The van der Waals surface area contributed by atoms with Crippen molar-refractivity contribution >= 4 is 5.69 Å². The largest absolute Gasteiger partial charge is 0.396 e. The normalized spacial score (nSPS) is 10.6. The van der Waals surface area contributed by atoms with Crippen LogP contribution in [0.4, 0.5) is 5.69 Å². The minimum absolute atomic E-state index is 0.197. The van der Waals surface area contributed by atoms with Gasteiger partial charge in [0.1, 0.15) is 0 Å². The van der Waals surface area contributed by atoms with Gasteiger partial charge in [-0.3, -0.25) is 0 Å². The fourth-order valence-corrected chi connectivity index (χ4v) is 1.89. The van der Waals surface area contributed by atoms with E-state index in [-0.39, 0.29) is 6.61 Å². The summed E-state index contributed by atoms with van der Waals surface area (Å²) in [5.41, 5.74) is 3.42. The number of benzene rings is 1. The molecule has 18 heavy (non-hydrogen) atoms. The Morgan fingerprint density at radius 2 is 2.06 bits per heavy atom. The van der Waals surface area contributed by atoms with Crippen molar-refractivity contribution < 1.29 is 5.11 Å². The number of rotatable bonds is 6. The molecule has 4 nitrogen and oxygen atoms in total. The minimum Gasteiger partial charge on any atom is -0.396 e. The Hall–Kier alpha value is -1.81. The van der Waals surface area contributed by atoms with Crippen LogP contribution in [0.15, 0.2) is 36.8 Å². The zero-order valence-corrected chi connectivity index (χ0v) is 10.6. The third-order valence-corrected chi connectivity index (χ3v) is 2.97. The maximum absolute atomic E-state index is 8.85. The standard InChI is InChI=1S/C14H19N3O/c1-2-17-11-15-9-14(17)10-16-13-5-3-12(4-6-13)7-8-18/h3-6,9,11,16,18H,2,7-8,10H2,1H3. The molecule has 1 aromatic heterocycles. The third kappa shape index (κ3) is 3.11. The highest BCUT2D eigenvalue weighted by molar-refractivity contribution is 5.44. The first kappa shape index (κ1) is 12.6. The van der Waals surface area contributed by atoms with Crippen LogP contribution in [0, 0.1) is 0 Å².